The number of nitrogens with one attached hydrogen (secondary N) is 3. The van der Waals surface area contributed by atoms with Crippen LogP contribution in [0.25, 0.3) is 0 Å². The lowest BCUT2D eigenvalue weighted by Gasteiger charge is -2.21. The number of imide groups is 1. The molecule has 0 aliphatic rings. The summed E-state index contributed by atoms with van der Waals surface area (Å²) >= 11 is 0. The summed E-state index contributed by atoms with van der Waals surface area (Å²) in [5.74, 6) is 1.21. The summed E-state index contributed by atoms with van der Waals surface area (Å²) in [5, 5.41) is 8.15. The summed E-state index contributed by atoms with van der Waals surface area (Å²) in [7, 11) is 3.15. The first-order valence-corrected chi connectivity index (χ1v) is 8.35. The lowest BCUT2D eigenvalue weighted by molar-refractivity contribution is -0.121. The van der Waals surface area contributed by atoms with Gasteiger partial charge in [-0.3, -0.25) is 15.4 Å². The molecule has 2 unspecified atom stereocenters. The van der Waals surface area contributed by atoms with Gasteiger partial charge in [-0.2, -0.15) is 0 Å². The van der Waals surface area contributed by atoms with E-state index in [-0.39, 0.29) is 11.9 Å². The summed E-state index contributed by atoms with van der Waals surface area (Å²) in [5.41, 5.74) is 0.946. The van der Waals surface area contributed by atoms with Crippen LogP contribution in [-0.2, 0) is 4.79 Å². The van der Waals surface area contributed by atoms with Gasteiger partial charge in [-0.25, -0.2) is 4.79 Å². The number of carbonyl (C=O) groups is 2. The predicted molar refractivity (Wildman–Crippen MR) is 96.9 cm³/mol. The van der Waals surface area contributed by atoms with E-state index in [4.69, 9.17) is 9.47 Å². The van der Waals surface area contributed by atoms with Crippen LogP contribution in [0.5, 0.6) is 11.5 Å². The number of methoxy groups -OCH3 is 2. The summed E-state index contributed by atoms with van der Waals surface area (Å²) in [6.45, 7) is 8.13. The van der Waals surface area contributed by atoms with Gasteiger partial charge in [0.1, 0.15) is 0 Å². The first-order chi connectivity index (χ1) is 11.8. The molecule has 7 heteroatoms. The Labute approximate surface area is 149 Å². The molecule has 1 aromatic carbocycles. The SMILES string of the molecule is COc1ccc(C(C)NC(C)C(=O)NC(=O)NCC(C)C)cc1OC. The average molecular weight is 351 g/mol. The molecule has 140 valence electrons. The molecule has 0 saturated carbocycles. The highest BCUT2D eigenvalue weighted by Gasteiger charge is 2.19. The Bertz CT molecular complexity index is 590. The first kappa shape index (κ1) is 20.8. The molecule has 0 fully saturated rings. The van der Waals surface area contributed by atoms with E-state index in [1.807, 2.05) is 39.0 Å². The topological polar surface area (TPSA) is 88.7 Å². The van der Waals surface area contributed by atoms with Crippen LogP contribution in [0.1, 0.15) is 39.3 Å². The minimum absolute atomic E-state index is 0.112. The number of amides is 3. The van der Waals surface area contributed by atoms with Crippen molar-refractivity contribution in [3.63, 3.8) is 0 Å². The summed E-state index contributed by atoms with van der Waals surface area (Å²) in [6, 6.07) is 4.45. The highest BCUT2D eigenvalue weighted by molar-refractivity contribution is 5.96. The van der Waals surface area contributed by atoms with Gasteiger partial charge in [0, 0.05) is 12.6 Å². The molecule has 0 heterocycles. The largest absolute Gasteiger partial charge is 0.493 e. The third-order valence-electron chi connectivity index (χ3n) is 3.71. The quantitative estimate of drug-likeness (QED) is 0.668. The van der Waals surface area contributed by atoms with Crippen LogP contribution in [0.4, 0.5) is 4.79 Å². The van der Waals surface area contributed by atoms with Gasteiger partial charge in [-0.05, 0) is 37.5 Å². The summed E-state index contributed by atoms with van der Waals surface area (Å²) < 4.78 is 10.5. The van der Waals surface area contributed by atoms with Crippen molar-refractivity contribution in [3.8, 4) is 11.5 Å². The molecule has 0 saturated heterocycles. The van der Waals surface area contributed by atoms with Crippen molar-refractivity contribution in [2.45, 2.75) is 39.8 Å². The van der Waals surface area contributed by atoms with Gasteiger partial charge in [0.25, 0.3) is 0 Å². The van der Waals surface area contributed by atoms with Crippen molar-refractivity contribution >= 4 is 11.9 Å². The van der Waals surface area contributed by atoms with Crippen LogP contribution in [0.3, 0.4) is 0 Å². The van der Waals surface area contributed by atoms with E-state index in [2.05, 4.69) is 16.0 Å². The zero-order chi connectivity index (χ0) is 19.0. The molecule has 3 amide bonds. The molecular weight excluding hydrogens is 322 g/mol. The van der Waals surface area contributed by atoms with Crippen molar-refractivity contribution in [1.82, 2.24) is 16.0 Å². The molecule has 0 aliphatic carbocycles. The van der Waals surface area contributed by atoms with Crippen LogP contribution in [0, 0.1) is 5.92 Å². The third kappa shape index (κ3) is 6.62. The normalized spacial score (nSPS) is 13.1. The highest BCUT2D eigenvalue weighted by atomic mass is 16.5. The number of ether oxygens (including phenoxy) is 2. The lowest BCUT2D eigenvalue weighted by atomic mass is 10.1. The van der Waals surface area contributed by atoms with E-state index in [1.165, 1.54) is 0 Å². The van der Waals surface area contributed by atoms with Gasteiger partial charge < -0.3 is 14.8 Å². The number of carbonyl (C=O) groups excluding carboxylic acids is 2. The smallest absolute Gasteiger partial charge is 0.321 e. The molecule has 3 N–H and O–H groups in total. The van der Waals surface area contributed by atoms with Crippen LogP contribution in [0.15, 0.2) is 18.2 Å². The van der Waals surface area contributed by atoms with Gasteiger partial charge in [0.2, 0.25) is 5.91 Å². The van der Waals surface area contributed by atoms with Gasteiger partial charge in [0.15, 0.2) is 11.5 Å². The number of hydrogen-bond donors (Lipinski definition) is 3. The summed E-state index contributed by atoms with van der Waals surface area (Å²) in [4.78, 5) is 23.8. The van der Waals surface area contributed by atoms with E-state index >= 15 is 0 Å². The molecule has 0 aromatic heterocycles. The Kier molecular flexibility index (Phi) is 8.21. The average Bonchev–Trinajstić information content (AvgIpc) is 2.58. The minimum atomic E-state index is -0.534. The Morgan fingerprint density at radius 1 is 1.04 bits per heavy atom. The maximum atomic E-state index is 12.1. The van der Waals surface area contributed by atoms with Crippen LogP contribution in [0.2, 0.25) is 0 Å². The monoisotopic (exact) mass is 351 g/mol. The highest BCUT2D eigenvalue weighted by Crippen LogP contribution is 2.29. The van der Waals surface area contributed by atoms with E-state index in [0.717, 1.165) is 5.56 Å². The van der Waals surface area contributed by atoms with Gasteiger partial charge >= 0.3 is 6.03 Å². The zero-order valence-electron chi connectivity index (χ0n) is 15.8. The van der Waals surface area contributed by atoms with Gasteiger partial charge in [-0.1, -0.05) is 19.9 Å². The van der Waals surface area contributed by atoms with E-state index < -0.39 is 12.1 Å². The maximum Gasteiger partial charge on any atom is 0.321 e. The third-order valence-corrected chi connectivity index (χ3v) is 3.71. The van der Waals surface area contributed by atoms with Crippen molar-refractivity contribution in [2.24, 2.45) is 5.92 Å². The molecule has 0 aliphatic heterocycles. The Morgan fingerprint density at radius 3 is 2.24 bits per heavy atom. The van der Waals surface area contributed by atoms with Crippen LogP contribution < -0.4 is 25.4 Å². The van der Waals surface area contributed by atoms with Crippen molar-refractivity contribution < 1.29 is 19.1 Å². The first-order valence-electron chi connectivity index (χ1n) is 8.35. The van der Waals surface area contributed by atoms with E-state index in [0.29, 0.717) is 24.0 Å². The fourth-order valence-electron chi connectivity index (χ4n) is 2.23. The van der Waals surface area contributed by atoms with Crippen molar-refractivity contribution in [1.29, 1.82) is 0 Å². The number of urea groups is 1. The second-order valence-corrected chi connectivity index (χ2v) is 6.32. The lowest BCUT2D eigenvalue weighted by Crippen LogP contribution is -2.49. The number of benzene rings is 1. The Morgan fingerprint density at radius 2 is 1.68 bits per heavy atom. The molecule has 25 heavy (non-hydrogen) atoms. The van der Waals surface area contributed by atoms with Crippen LogP contribution in [-0.4, -0.2) is 38.7 Å². The molecule has 0 spiro atoms. The fourth-order valence-corrected chi connectivity index (χ4v) is 2.23. The number of hydrogen-bond acceptors (Lipinski definition) is 5. The summed E-state index contributed by atoms with van der Waals surface area (Å²) in [6.07, 6.45) is 0. The molecule has 0 radical (unpaired) electrons. The Hall–Kier alpha value is -2.28. The standard InChI is InChI=1S/C18H29N3O4/c1-11(2)10-19-18(23)21-17(22)13(4)20-12(3)14-7-8-15(24-5)16(9-14)25-6/h7-9,11-13,20H,10H2,1-6H3,(H2,19,21,22,23). The molecule has 0 bridgehead atoms. The van der Waals surface area contributed by atoms with Gasteiger partial charge in [-0.15, -0.1) is 0 Å². The molecule has 7 nitrogen and oxygen atoms in total. The molecule has 2 atom stereocenters. The predicted octanol–water partition coefficient (Wildman–Crippen LogP) is 2.22. The minimum Gasteiger partial charge on any atom is -0.493 e. The van der Waals surface area contributed by atoms with Gasteiger partial charge in [0.05, 0.1) is 20.3 Å². The second-order valence-electron chi connectivity index (χ2n) is 6.32. The van der Waals surface area contributed by atoms with E-state index in [9.17, 15) is 9.59 Å². The number of rotatable bonds is 8. The van der Waals surface area contributed by atoms with Crippen molar-refractivity contribution in [3.05, 3.63) is 23.8 Å². The fraction of sp³-hybridized carbons (Fsp3) is 0.556. The Balaban J connectivity index is 2.62. The second kappa shape index (κ2) is 9.88. The molecule has 1 rings (SSSR count). The van der Waals surface area contributed by atoms with Crippen molar-refractivity contribution in [2.75, 3.05) is 20.8 Å². The van der Waals surface area contributed by atoms with E-state index in [1.54, 1.807) is 21.1 Å². The molecule has 1 aromatic rings. The van der Waals surface area contributed by atoms with Crippen LogP contribution >= 0.6 is 0 Å². The maximum absolute atomic E-state index is 12.1. The molecular formula is C18H29N3O4. The zero-order valence-corrected chi connectivity index (χ0v) is 15.8.